The van der Waals surface area contributed by atoms with Gasteiger partial charge in [0.2, 0.25) is 0 Å². The Balaban J connectivity index is 1.92. The highest BCUT2D eigenvalue weighted by Crippen LogP contribution is 2.49. The van der Waals surface area contributed by atoms with E-state index in [1.54, 1.807) is 37.4 Å². The van der Waals surface area contributed by atoms with Gasteiger partial charge in [-0.2, -0.15) is 0 Å². The van der Waals surface area contributed by atoms with Crippen molar-refractivity contribution in [1.29, 1.82) is 0 Å². The summed E-state index contributed by atoms with van der Waals surface area (Å²) >= 11 is 12.8. The molecule has 0 radical (unpaired) electrons. The number of aromatic hydroxyl groups is 1. The summed E-state index contributed by atoms with van der Waals surface area (Å²) in [5.74, 6) is 0.288. The van der Waals surface area contributed by atoms with Gasteiger partial charge in [0.1, 0.15) is 5.75 Å². The molecule has 2 N–H and O–H groups in total. The molecule has 0 aliphatic heterocycles. The van der Waals surface area contributed by atoms with E-state index in [4.69, 9.17) is 27.9 Å². The van der Waals surface area contributed by atoms with Gasteiger partial charge in [0.25, 0.3) is 10.0 Å². The number of rotatable bonds is 7. The zero-order valence-corrected chi connectivity index (χ0v) is 27.7. The number of hydrogen-bond donors (Lipinski definition) is 2. The zero-order valence-electron chi connectivity index (χ0n) is 25.4. The fraction of sp³-hybridized carbons (Fsp3) is 0.200. The topological polar surface area (TPSA) is 78.9 Å². The van der Waals surface area contributed by atoms with Crippen molar-refractivity contribution in [3.8, 4) is 11.5 Å². The van der Waals surface area contributed by atoms with Crippen molar-refractivity contribution >= 4 is 66.7 Å². The van der Waals surface area contributed by atoms with Gasteiger partial charge in [0.15, 0.2) is 5.75 Å². The Bertz CT molecular complexity index is 1950. The normalized spacial score (nSPS) is 11.9. The minimum absolute atomic E-state index is 0.0717. The minimum atomic E-state index is -4.25. The highest BCUT2D eigenvalue weighted by Gasteiger charge is 2.34. The van der Waals surface area contributed by atoms with Gasteiger partial charge in [-0.1, -0.05) is 79.4 Å². The summed E-state index contributed by atoms with van der Waals surface area (Å²) < 4.78 is 36.4. The van der Waals surface area contributed by atoms with Gasteiger partial charge in [0, 0.05) is 22.1 Å². The molecule has 5 aromatic rings. The van der Waals surface area contributed by atoms with Crippen LogP contribution in [0.5, 0.6) is 11.5 Å². The molecular weight excluding hydrogens is 615 g/mol. The van der Waals surface area contributed by atoms with Gasteiger partial charge in [-0.15, -0.1) is 0 Å². The van der Waals surface area contributed by atoms with E-state index in [0.29, 0.717) is 16.8 Å². The number of phenols is 1. The molecule has 5 rings (SSSR count). The average molecular weight is 650 g/mol. The van der Waals surface area contributed by atoms with Crippen LogP contribution in [0.4, 0.5) is 22.7 Å². The Morgan fingerprint density at radius 3 is 1.91 bits per heavy atom. The van der Waals surface area contributed by atoms with Crippen LogP contribution in [-0.2, 0) is 15.4 Å². The Hall–Kier alpha value is -3.91. The van der Waals surface area contributed by atoms with Gasteiger partial charge < -0.3 is 15.2 Å². The van der Waals surface area contributed by atoms with E-state index in [0.717, 1.165) is 33.5 Å². The third-order valence-electron chi connectivity index (χ3n) is 7.45. The van der Waals surface area contributed by atoms with Crippen LogP contribution in [0.2, 0.25) is 10.0 Å². The number of halogens is 2. The van der Waals surface area contributed by atoms with Crippen LogP contribution in [-0.4, -0.2) is 20.6 Å². The lowest BCUT2D eigenvalue weighted by Gasteiger charge is -2.33. The second-order valence-corrected chi connectivity index (χ2v) is 14.4. The lowest BCUT2D eigenvalue weighted by molar-refractivity contribution is 0.415. The molecule has 0 aromatic heterocycles. The molecule has 0 saturated carbocycles. The van der Waals surface area contributed by atoms with Gasteiger partial charge in [-0.05, 0) is 85.5 Å². The first-order valence-electron chi connectivity index (χ1n) is 14.0. The molecule has 9 heteroatoms. The van der Waals surface area contributed by atoms with E-state index in [2.05, 4.69) is 5.32 Å². The number of benzene rings is 5. The summed E-state index contributed by atoms with van der Waals surface area (Å²) in [7, 11) is -2.66. The van der Waals surface area contributed by atoms with E-state index in [1.807, 2.05) is 77.1 Å². The van der Waals surface area contributed by atoms with Crippen molar-refractivity contribution in [1.82, 2.24) is 0 Å². The summed E-state index contributed by atoms with van der Waals surface area (Å²) in [6, 6.07) is 25.1. The Kier molecular flexibility index (Phi) is 8.51. The fourth-order valence-electron chi connectivity index (χ4n) is 5.07. The van der Waals surface area contributed by atoms with E-state index < -0.39 is 15.4 Å². The van der Waals surface area contributed by atoms with Gasteiger partial charge in [-0.25, -0.2) is 12.7 Å². The second kappa shape index (κ2) is 11.9. The second-order valence-electron chi connectivity index (χ2n) is 11.8. The summed E-state index contributed by atoms with van der Waals surface area (Å²) in [5, 5.41) is 15.2. The molecular formula is C35H34Cl2N2O4S. The number of anilines is 4. The third-order valence-corrected chi connectivity index (χ3v) is 9.77. The van der Waals surface area contributed by atoms with Crippen molar-refractivity contribution in [2.75, 3.05) is 16.7 Å². The molecule has 5 aromatic carbocycles. The predicted octanol–water partition coefficient (Wildman–Crippen LogP) is 10.0. The van der Waals surface area contributed by atoms with Gasteiger partial charge in [-0.3, -0.25) is 0 Å². The molecule has 0 atom stereocenters. The van der Waals surface area contributed by atoms with Crippen molar-refractivity contribution in [2.24, 2.45) is 0 Å². The van der Waals surface area contributed by atoms with Crippen LogP contribution in [0.3, 0.4) is 0 Å². The number of methoxy groups -OCH3 is 1. The van der Waals surface area contributed by atoms with Crippen molar-refractivity contribution in [3.05, 3.63) is 112 Å². The van der Waals surface area contributed by atoms with Crippen molar-refractivity contribution < 1.29 is 18.3 Å². The SMILES string of the molecule is COc1ccc2c(N(c3cc(Cl)c(O)c(Cl)c3)S(=O)(=O)c3ccc(C)cc3)c(C(C)(C)C)cc(Nc3ccc(C)cc3)c2c1. The molecule has 0 fully saturated rings. The molecule has 0 heterocycles. The first-order chi connectivity index (χ1) is 20.7. The molecule has 0 bridgehead atoms. The quantitative estimate of drug-likeness (QED) is 0.184. The van der Waals surface area contributed by atoms with E-state index in [9.17, 15) is 13.5 Å². The van der Waals surface area contributed by atoms with Gasteiger partial charge >= 0.3 is 0 Å². The van der Waals surface area contributed by atoms with Crippen molar-refractivity contribution in [3.63, 3.8) is 0 Å². The Labute approximate surface area is 268 Å². The predicted molar refractivity (Wildman–Crippen MR) is 182 cm³/mol. The minimum Gasteiger partial charge on any atom is -0.505 e. The molecule has 0 unspecified atom stereocenters. The number of nitrogens with one attached hydrogen (secondary N) is 1. The van der Waals surface area contributed by atoms with Crippen LogP contribution >= 0.6 is 23.2 Å². The molecule has 0 aliphatic rings. The van der Waals surface area contributed by atoms with Gasteiger partial charge in [0.05, 0.1) is 33.4 Å². The van der Waals surface area contributed by atoms with Crippen LogP contribution in [0.25, 0.3) is 10.8 Å². The van der Waals surface area contributed by atoms with Crippen LogP contribution in [0, 0.1) is 13.8 Å². The van der Waals surface area contributed by atoms with Crippen LogP contribution in [0.15, 0.2) is 89.8 Å². The smallest absolute Gasteiger partial charge is 0.268 e. The Morgan fingerprint density at radius 2 is 1.36 bits per heavy atom. The number of sulfonamides is 1. The average Bonchev–Trinajstić information content (AvgIpc) is 2.97. The maximum absolute atomic E-state index is 14.7. The number of nitrogens with zero attached hydrogens (tertiary/aromatic N) is 1. The van der Waals surface area contributed by atoms with Crippen LogP contribution < -0.4 is 14.4 Å². The van der Waals surface area contributed by atoms with Crippen LogP contribution in [0.1, 0.15) is 37.5 Å². The monoisotopic (exact) mass is 648 g/mol. The lowest BCUT2D eigenvalue weighted by atomic mass is 9.83. The number of fused-ring (bicyclic) bond motifs is 1. The summed E-state index contributed by atoms with van der Waals surface area (Å²) in [4.78, 5) is 0.0896. The molecule has 6 nitrogen and oxygen atoms in total. The number of aryl methyl sites for hydroxylation is 2. The van der Waals surface area contributed by atoms with E-state index in [-0.39, 0.29) is 26.4 Å². The maximum Gasteiger partial charge on any atom is 0.268 e. The number of phenolic OH excluding ortho intramolecular Hbond substituents is 1. The largest absolute Gasteiger partial charge is 0.505 e. The maximum atomic E-state index is 14.7. The molecule has 44 heavy (non-hydrogen) atoms. The standard InChI is InChI=1S/C35H34Cl2N2O4S/c1-21-7-11-23(12-8-21)38-32-20-29(35(3,4)5)33(27-16-13-25(43-6)19-28(27)32)39(24-17-30(36)34(40)31(37)18-24)44(41,42)26-14-9-22(2)10-15-26/h7-20,38,40H,1-6H3. The fourth-order valence-corrected chi connectivity index (χ4v) is 7.06. The molecule has 0 saturated heterocycles. The molecule has 228 valence electrons. The third kappa shape index (κ3) is 6.05. The summed E-state index contributed by atoms with van der Waals surface area (Å²) in [6.07, 6.45) is 0. The first-order valence-corrected chi connectivity index (χ1v) is 16.2. The van der Waals surface area contributed by atoms with E-state index in [1.165, 1.54) is 16.4 Å². The Morgan fingerprint density at radius 1 is 0.795 bits per heavy atom. The molecule has 0 aliphatic carbocycles. The van der Waals surface area contributed by atoms with Crippen molar-refractivity contribution in [2.45, 2.75) is 44.9 Å². The number of ether oxygens (including phenoxy) is 1. The lowest BCUT2D eigenvalue weighted by Crippen LogP contribution is -2.29. The first kappa shape index (κ1) is 31.5. The highest BCUT2D eigenvalue weighted by molar-refractivity contribution is 7.93. The molecule has 0 amide bonds. The van der Waals surface area contributed by atoms with E-state index >= 15 is 0 Å². The highest BCUT2D eigenvalue weighted by atomic mass is 35.5. The number of hydrogen-bond acceptors (Lipinski definition) is 5. The zero-order chi connectivity index (χ0) is 32.0. The molecule has 0 spiro atoms. The summed E-state index contributed by atoms with van der Waals surface area (Å²) in [6.45, 7) is 10.0. The summed E-state index contributed by atoms with van der Waals surface area (Å²) in [5.41, 5.74) is 4.56.